The lowest BCUT2D eigenvalue weighted by Crippen LogP contribution is -2.44. The lowest BCUT2D eigenvalue weighted by Gasteiger charge is -2.19. The zero-order valence-corrected chi connectivity index (χ0v) is 17.3. The van der Waals surface area contributed by atoms with Gasteiger partial charge in [0, 0.05) is 0 Å². The van der Waals surface area contributed by atoms with Crippen molar-refractivity contribution in [3.05, 3.63) is 41.3 Å². The first-order valence-corrected chi connectivity index (χ1v) is 11.6. The van der Waals surface area contributed by atoms with Crippen molar-refractivity contribution in [2.45, 2.75) is 23.6 Å². The number of benzene rings is 1. The largest absolute Gasteiger partial charge is 0.495 e. The highest BCUT2D eigenvalue weighted by molar-refractivity contribution is 7.98. The molecule has 142 valence electrons. The summed E-state index contributed by atoms with van der Waals surface area (Å²) in [4.78, 5) is 12.7. The number of ether oxygens (including phenoxy) is 1. The van der Waals surface area contributed by atoms with Crippen molar-refractivity contribution < 1.29 is 17.9 Å². The highest BCUT2D eigenvalue weighted by atomic mass is 32.2. The molecule has 2 aromatic rings. The Morgan fingerprint density at radius 3 is 2.73 bits per heavy atom. The molecule has 1 amide bonds. The smallest absolute Gasteiger partial charge is 0.250 e. The van der Waals surface area contributed by atoms with E-state index in [1.165, 1.54) is 13.2 Å². The fourth-order valence-corrected chi connectivity index (χ4v) is 4.99. The number of anilines is 1. The van der Waals surface area contributed by atoms with Crippen LogP contribution in [0.25, 0.3) is 0 Å². The number of hydrogen-bond donors (Lipinski definition) is 2. The topological polar surface area (TPSA) is 84.5 Å². The van der Waals surface area contributed by atoms with E-state index in [0.717, 1.165) is 16.9 Å². The molecule has 0 aliphatic carbocycles. The molecule has 1 heterocycles. The molecular formula is C17H22N2O4S3. The van der Waals surface area contributed by atoms with E-state index < -0.39 is 22.0 Å². The molecule has 0 aliphatic rings. The molecule has 0 aliphatic heterocycles. The summed E-state index contributed by atoms with van der Waals surface area (Å²) in [5.41, 5.74) is 1.47. The number of amides is 1. The minimum Gasteiger partial charge on any atom is -0.495 e. The average molecular weight is 415 g/mol. The van der Waals surface area contributed by atoms with E-state index in [1.54, 1.807) is 35.3 Å². The van der Waals surface area contributed by atoms with Crippen LogP contribution in [-0.4, -0.2) is 39.5 Å². The Labute approximate surface area is 162 Å². The number of sulfonamides is 1. The first kappa shape index (κ1) is 20.8. The van der Waals surface area contributed by atoms with E-state index in [4.69, 9.17) is 4.74 Å². The quantitative estimate of drug-likeness (QED) is 0.659. The van der Waals surface area contributed by atoms with Gasteiger partial charge >= 0.3 is 0 Å². The number of rotatable bonds is 9. The van der Waals surface area contributed by atoms with Crippen molar-refractivity contribution >= 4 is 44.7 Å². The van der Waals surface area contributed by atoms with Crippen LogP contribution in [0.5, 0.6) is 5.75 Å². The number of thiophene rings is 1. The maximum Gasteiger partial charge on any atom is 0.250 e. The maximum atomic E-state index is 12.7. The second kappa shape index (κ2) is 9.40. The SMILES string of the molecule is COc1ccc(C)cc1NC(=O)C(CCSC)NS(=O)(=O)c1cccs1. The van der Waals surface area contributed by atoms with Gasteiger partial charge < -0.3 is 10.1 Å². The zero-order chi connectivity index (χ0) is 19.2. The second-order valence-electron chi connectivity index (χ2n) is 5.58. The molecule has 26 heavy (non-hydrogen) atoms. The molecule has 0 saturated heterocycles. The zero-order valence-electron chi connectivity index (χ0n) is 14.8. The van der Waals surface area contributed by atoms with Crippen LogP contribution in [0.4, 0.5) is 5.69 Å². The van der Waals surface area contributed by atoms with E-state index in [0.29, 0.717) is 23.6 Å². The Bertz CT molecular complexity index is 836. The number of carbonyl (C=O) groups is 1. The van der Waals surface area contributed by atoms with Gasteiger partial charge in [-0.2, -0.15) is 16.5 Å². The molecule has 1 unspecified atom stereocenters. The van der Waals surface area contributed by atoms with Crippen molar-refractivity contribution in [3.63, 3.8) is 0 Å². The van der Waals surface area contributed by atoms with Crippen LogP contribution in [0.1, 0.15) is 12.0 Å². The molecule has 0 spiro atoms. The van der Waals surface area contributed by atoms with Crippen LogP contribution in [-0.2, 0) is 14.8 Å². The third-order valence-corrected chi connectivity index (χ3v) is 7.11. The van der Waals surface area contributed by atoms with Crippen LogP contribution in [0.15, 0.2) is 39.9 Å². The number of thioether (sulfide) groups is 1. The first-order chi connectivity index (χ1) is 12.4. The van der Waals surface area contributed by atoms with E-state index in [2.05, 4.69) is 10.0 Å². The lowest BCUT2D eigenvalue weighted by molar-refractivity contribution is -0.117. The maximum absolute atomic E-state index is 12.7. The predicted octanol–water partition coefficient (Wildman–Crippen LogP) is 3.10. The molecule has 6 nitrogen and oxygen atoms in total. The van der Waals surface area contributed by atoms with Gasteiger partial charge in [-0.15, -0.1) is 11.3 Å². The molecule has 1 atom stereocenters. The Balaban J connectivity index is 2.21. The monoisotopic (exact) mass is 414 g/mol. The summed E-state index contributed by atoms with van der Waals surface area (Å²) < 4.78 is 33.0. The van der Waals surface area contributed by atoms with Crippen molar-refractivity contribution in [3.8, 4) is 5.75 Å². The molecule has 1 aromatic carbocycles. The van der Waals surface area contributed by atoms with E-state index in [9.17, 15) is 13.2 Å². The van der Waals surface area contributed by atoms with Crippen LogP contribution < -0.4 is 14.8 Å². The van der Waals surface area contributed by atoms with Gasteiger partial charge in [0.15, 0.2) is 0 Å². The standard InChI is InChI=1S/C17H22N2O4S3/c1-12-6-7-15(23-2)14(11-12)18-17(20)13(8-10-24-3)19-26(21,22)16-5-4-9-25-16/h4-7,9,11,13,19H,8,10H2,1-3H3,(H,18,20). The Morgan fingerprint density at radius 2 is 2.12 bits per heavy atom. The summed E-state index contributed by atoms with van der Waals surface area (Å²) in [5.74, 6) is 0.757. The van der Waals surface area contributed by atoms with Crippen molar-refractivity contribution in [1.82, 2.24) is 4.72 Å². The molecule has 0 fully saturated rings. The van der Waals surface area contributed by atoms with Crippen molar-refractivity contribution in [2.75, 3.05) is 24.4 Å². The Hall–Kier alpha value is -1.55. The predicted molar refractivity (Wildman–Crippen MR) is 108 cm³/mol. The van der Waals surface area contributed by atoms with E-state index in [-0.39, 0.29) is 4.21 Å². The van der Waals surface area contributed by atoms with Gasteiger partial charge in [0.05, 0.1) is 12.8 Å². The highest BCUT2D eigenvalue weighted by Gasteiger charge is 2.26. The van der Waals surface area contributed by atoms with Gasteiger partial charge in [-0.25, -0.2) is 8.42 Å². The number of aryl methyl sites for hydroxylation is 1. The van der Waals surface area contributed by atoms with Crippen LogP contribution in [0, 0.1) is 6.92 Å². The normalized spacial score (nSPS) is 12.6. The third-order valence-electron chi connectivity index (χ3n) is 3.60. The molecule has 9 heteroatoms. The fourth-order valence-electron chi connectivity index (χ4n) is 2.28. The van der Waals surface area contributed by atoms with Gasteiger partial charge in [-0.1, -0.05) is 12.1 Å². The van der Waals surface area contributed by atoms with Crippen LogP contribution in [0.3, 0.4) is 0 Å². The van der Waals surface area contributed by atoms with Crippen molar-refractivity contribution in [2.24, 2.45) is 0 Å². The van der Waals surface area contributed by atoms with Gasteiger partial charge in [-0.3, -0.25) is 4.79 Å². The summed E-state index contributed by atoms with van der Waals surface area (Å²) in [6, 6.07) is 7.72. The van der Waals surface area contributed by atoms with Gasteiger partial charge in [0.25, 0.3) is 10.0 Å². The Morgan fingerprint density at radius 1 is 1.35 bits per heavy atom. The van der Waals surface area contributed by atoms with E-state index in [1.807, 2.05) is 19.2 Å². The number of methoxy groups -OCH3 is 1. The average Bonchev–Trinajstić information content (AvgIpc) is 3.14. The van der Waals surface area contributed by atoms with Gasteiger partial charge in [-0.05, 0) is 54.5 Å². The van der Waals surface area contributed by atoms with Gasteiger partial charge in [0.2, 0.25) is 5.91 Å². The number of carbonyl (C=O) groups excluding carboxylic acids is 1. The summed E-state index contributed by atoms with van der Waals surface area (Å²) in [6.07, 6.45) is 2.29. The number of hydrogen-bond acceptors (Lipinski definition) is 6. The number of nitrogens with one attached hydrogen (secondary N) is 2. The van der Waals surface area contributed by atoms with E-state index >= 15 is 0 Å². The molecule has 1 aromatic heterocycles. The summed E-state index contributed by atoms with van der Waals surface area (Å²) >= 11 is 2.66. The second-order valence-corrected chi connectivity index (χ2v) is 9.45. The highest BCUT2D eigenvalue weighted by Crippen LogP contribution is 2.26. The van der Waals surface area contributed by atoms with Crippen molar-refractivity contribution in [1.29, 1.82) is 0 Å². The van der Waals surface area contributed by atoms with Crippen LogP contribution >= 0.6 is 23.1 Å². The first-order valence-electron chi connectivity index (χ1n) is 7.87. The minimum atomic E-state index is -3.74. The third kappa shape index (κ3) is 5.47. The summed E-state index contributed by atoms with van der Waals surface area (Å²) in [7, 11) is -2.22. The molecule has 0 bridgehead atoms. The molecular weight excluding hydrogens is 392 g/mol. The van der Waals surface area contributed by atoms with Crippen LogP contribution in [0.2, 0.25) is 0 Å². The molecule has 2 N–H and O–H groups in total. The molecule has 0 radical (unpaired) electrons. The summed E-state index contributed by atoms with van der Waals surface area (Å²) in [5, 5.41) is 4.47. The van der Waals surface area contributed by atoms with Gasteiger partial charge in [0.1, 0.15) is 16.0 Å². The minimum absolute atomic E-state index is 0.188. The Kier molecular flexibility index (Phi) is 7.51. The fraction of sp³-hybridized carbons (Fsp3) is 0.353. The molecule has 2 rings (SSSR count). The summed E-state index contributed by atoms with van der Waals surface area (Å²) in [6.45, 7) is 1.90. The molecule has 0 saturated carbocycles. The lowest BCUT2D eigenvalue weighted by atomic mass is 10.2.